The zero-order valence-electron chi connectivity index (χ0n) is 16.4. The fraction of sp³-hybridized carbons (Fsp3) is 0.737. The average molecular weight is 361 g/mol. The molecule has 2 amide bonds. The molecular formula is C19H31N5O2. The first-order valence-electron chi connectivity index (χ1n) is 9.47. The Morgan fingerprint density at radius 3 is 3.00 bits per heavy atom. The highest BCUT2D eigenvalue weighted by Gasteiger charge is 2.50. The van der Waals surface area contributed by atoms with Gasteiger partial charge in [-0.05, 0) is 36.5 Å². The van der Waals surface area contributed by atoms with Crippen molar-refractivity contribution in [2.75, 3.05) is 27.3 Å². The summed E-state index contributed by atoms with van der Waals surface area (Å²) in [5, 5.41) is 11.1. The van der Waals surface area contributed by atoms with E-state index >= 15 is 0 Å². The van der Waals surface area contributed by atoms with E-state index in [-0.39, 0.29) is 6.03 Å². The quantitative estimate of drug-likeness (QED) is 0.722. The van der Waals surface area contributed by atoms with Gasteiger partial charge in [-0.25, -0.2) is 4.79 Å². The number of carbonyl (C=O) groups is 1. The van der Waals surface area contributed by atoms with Crippen LogP contribution in [-0.2, 0) is 17.8 Å². The maximum absolute atomic E-state index is 12.4. The number of methoxy groups -OCH3 is 1. The van der Waals surface area contributed by atoms with E-state index in [2.05, 4.69) is 35.4 Å². The Morgan fingerprint density at radius 2 is 2.31 bits per heavy atom. The molecule has 2 atom stereocenters. The standard InChI is InChI=1S/C19H31N5O2/c1-19(2)15-6-5-14(16(19)11-15)7-8-20-18(25)23(3)12-17-22-21-13-24(17)9-10-26-4/h5,13,15-16H,6-12H2,1-4H3,(H,20,25)/t15-,16-/m0/s1. The summed E-state index contributed by atoms with van der Waals surface area (Å²) in [6.07, 6.45) is 7.54. The second-order valence-electron chi connectivity index (χ2n) is 8.09. The van der Waals surface area contributed by atoms with Crippen molar-refractivity contribution in [1.82, 2.24) is 25.0 Å². The van der Waals surface area contributed by atoms with Crippen LogP contribution in [0.25, 0.3) is 0 Å². The highest BCUT2D eigenvalue weighted by molar-refractivity contribution is 5.73. The normalized spacial score (nSPS) is 23.2. The van der Waals surface area contributed by atoms with Gasteiger partial charge in [-0.3, -0.25) is 0 Å². The maximum Gasteiger partial charge on any atom is 0.317 e. The van der Waals surface area contributed by atoms with E-state index in [0.29, 0.717) is 37.6 Å². The van der Waals surface area contributed by atoms with Gasteiger partial charge in [0.15, 0.2) is 5.82 Å². The zero-order chi connectivity index (χ0) is 18.7. The molecule has 1 saturated carbocycles. The third-order valence-electron chi connectivity index (χ3n) is 6.23. The van der Waals surface area contributed by atoms with Crippen LogP contribution in [0.5, 0.6) is 0 Å². The molecule has 0 aromatic carbocycles. The number of fused-ring (bicyclic) bond motifs is 1. The van der Waals surface area contributed by atoms with Gasteiger partial charge >= 0.3 is 6.03 Å². The van der Waals surface area contributed by atoms with Crippen molar-refractivity contribution >= 4 is 6.03 Å². The van der Waals surface area contributed by atoms with Crippen molar-refractivity contribution in [2.45, 2.75) is 46.2 Å². The summed E-state index contributed by atoms with van der Waals surface area (Å²) in [5.41, 5.74) is 1.97. The van der Waals surface area contributed by atoms with Crippen molar-refractivity contribution in [2.24, 2.45) is 17.3 Å². The number of nitrogens with one attached hydrogen (secondary N) is 1. The first-order chi connectivity index (χ1) is 12.4. The minimum Gasteiger partial charge on any atom is -0.383 e. The molecule has 1 aromatic heterocycles. The molecule has 4 rings (SSSR count). The molecule has 1 heterocycles. The van der Waals surface area contributed by atoms with Gasteiger partial charge in [0, 0.05) is 27.2 Å². The van der Waals surface area contributed by atoms with Crippen LogP contribution in [-0.4, -0.2) is 53.0 Å². The first-order valence-corrected chi connectivity index (χ1v) is 9.47. The van der Waals surface area contributed by atoms with Crippen LogP contribution in [0.4, 0.5) is 4.79 Å². The molecule has 0 unspecified atom stereocenters. The Morgan fingerprint density at radius 1 is 1.50 bits per heavy atom. The van der Waals surface area contributed by atoms with Crippen LogP contribution >= 0.6 is 0 Å². The van der Waals surface area contributed by atoms with E-state index in [1.165, 1.54) is 18.4 Å². The lowest BCUT2D eigenvalue weighted by atomic mass is 9.48. The van der Waals surface area contributed by atoms with Crippen molar-refractivity contribution in [1.29, 1.82) is 0 Å². The van der Waals surface area contributed by atoms with Gasteiger partial charge in [-0.15, -0.1) is 10.2 Å². The Balaban J connectivity index is 1.44. The van der Waals surface area contributed by atoms with Crippen molar-refractivity contribution in [3.63, 3.8) is 0 Å². The van der Waals surface area contributed by atoms with Crippen molar-refractivity contribution in [3.05, 3.63) is 23.8 Å². The SMILES string of the molecule is COCCn1cnnc1CN(C)C(=O)NCCC1=CC[C@H]2C[C@@H]1C2(C)C. The van der Waals surface area contributed by atoms with Gasteiger partial charge in [-0.1, -0.05) is 25.5 Å². The summed E-state index contributed by atoms with van der Waals surface area (Å²) in [5.74, 6) is 2.32. The highest BCUT2D eigenvalue weighted by Crippen LogP contribution is 2.59. The Kier molecular flexibility index (Phi) is 5.65. The number of allylic oxidation sites excluding steroid dienone is 1. The number of hydrogen-bond acceptors (Lipinski definition) is 4. The molecular weight excluding hydrogens is 330 g/mol. The molecule has 7 heteroatoms. The van der Waals surface area contributed by atoms with Crippen LogP contribution in [0.2, 0.25) is 0 Å². The van der Waals surface area contributed by atoms with E-state index < -0.39 is 0 Å². The second-order valence-corrected chi connectivity index (χ2v) is 8.09. The largest absolute Gasteiger partial charge is 0.383 e. The lowest BCUT2D eigenvalue weighted by Gasteiger charge is -2.56. The fourth-order valence-electron chi connectivity index (χ4n) is 4.27. The third-order valence-corrected chi connectivity index (χ3v) is 6.23. The maximum atomic E-state index is 12.4. The molecule has 7 nitrogen and oxygen atoms in total. The molecule has 0 spiro atoms. The number of urea groups is 1. The minimum atomic E-state index is -0.0755. The second kappa shape index (κ2) is 7.78. The summed E-state index contributed by atoms with van der Waals surface area (Å²) in [6, 6.07) is -0.0755. The Hall–Kier alpha value is -1.89. The van der Waals surface area contributed by atoms with E-state index in [1.54, 1.807) is 25.4 Å². The van der Waals surface area contributed by atoms with Crippen LogP contribution < -0.4 is 5.32 Å². The van der Waals surface area contributed by atoms with Crippen molar-refractivity contribution < 1.29 is 9.53 Å². The minimum absolute atomic E-state index is 0.0755. The molecule has 1 aromatic rings. The molecule has 144 valence electrons. The number of ether oxygens (including phenoxy) is 1. The van der Waals surface area contributed by atoms with E-state index in [9.17, 15) is 4.79 Å². The number of carbonyl (C=O) groups excluding carboxylic acids is 1. The summed E-state index contributed by atoms with van der Waals surface area (Å²) < 4.78 is 7.00. The summed E-state index contributed by atoms with van der Waals surface area (Å²) in [7, 11) is 3.44. The molecule has 26 heavy (non-hydrogen) atoms. The number of amides is 2. The summed E-state index contributed by atoms with van der Waals surface area (Å²) >= 11 is 0. The van der Waals surface area contributed by atoms with Gasteiger partial charge in [0.05, 0.1) is 13.2 Å². The third kappa shape index (κ3) is 3.77. The van der Waals surface area contributed by atoms with Crippen molar-refractivity contribution in [3.8, 4) is 0 Å². The van der Waals surface area contributed by atoms with Gasteiger partial charge in [-0.2, -0.15) is 0 Å². The number of rotatable bonds is 8. The molecule has 1 N–H and O–H groups in total. The van der Waals surface area contributed by atoms with Gasteiger partial charge in [0.25, 0.3) is 0 Å². The smallest absolute Gasteiger partial charge is 0.317 e. The lowest BCUT2D eigenvalue weighted by Crippen LogP contribution is -2.48. The van der Waals surface area contributed by atoms with E-state index in [4.69, 9.17) is 4.74 Å². The Labute approximate surface area is 155 Å². The molecule has 0 saturated heterocycles. The fourth-order valence-corrected chi connectivity index (χ4v) is 4.27. The molecule has 1 fully saturated rings. The predicted octanol–water partition coefficient (Wildman–Crippen LogP) is 2.45. The first kappa shape index (κ1) is 18.9. The lowest BCUT2D eigenvalue weighted by molar-refractivity contribution is -0.00810. The number of nitrogens with zero attached hydrogens (tertiary/aromatic N) is 4. The molecule has 3 aliphatic rings. The molecule has 0 radical (unpaired) electrons. The topological polar surface area (TPSA) is 72.3 Å². The van der Waals surface area contributed by atoms with Gasteiger partial charge in [0.2, 0.25) is 0 Å². The Bertz CT molecular complexity index is 667. The van der Waals surface area contributed by atoms with Crippen LogP contribution in [0.15, 0.2) is 18.0 Å². The summed E-state index contributed by atoms with van der Waals surface area (Å²) in [4.78, 5) is 14.0. The average Bonchev–Trinajstić information content (AvgIpc) is 3.06. The number of aromatic nitrogens is 3. The summed E-state index contributed by atoms with van der Waals surface area (Å²) in [6.45, 7) is 7.14. The van der Waals surface area contributed by atoms with Crippen LogP contribution in [0.1, 0.15) is 38.9 Å². The van der Waals surface area contributed by atoms with Gasteiger partial charge in [0.1, 0.15) is 6.33 Å². The zero-order valence-corrected chi connectivity index (χ0v) is 16.4. The predicted molar refractivity (Wildman–Crippen MR) is 99.5 cm³/mol. The van der Waals surface area contributed by atoms with Gasteiger partial charge < -0.3 is 19.5 Å². The van der Waals surface area contributed by atoms with E-state index in [1.807, 2.05) is 4.57 Å². The number of hydrogen-bond donors (Lipinski definition) is 1. The van der Waals surface area contributed by atoms with Crippen LogP contribution in [0, 0.1) is 17.3 Å². The van der Waals surface area contributed by atoms with Crippen LogP contribution in [0.3, 0.4) is 0 Å². The molecule has 0 aliphatic heterocycles. The molecule has 2 bridgehead atoms. The van der Waals surface area contributed by atoms with E-state index in [0.717, 1.165) is 18.2 Å². The highest BCUT2D eigenvalue weighted by atomic mass is 16.5. The molecule has 3 aliphatic carbocycles. The monoisotopic (exact) mass is 361 g/mol.